The van der Waals surface area contributed by atoms with Crippen LogP contribution < -0.4 is 15.4 Å². The number of anilines is 3. The Bertz CT molecular complexity index is 1180. The van der Waals surface area contributed by atoms with Crippen LogP contribution >= 0.6 is 11.8 Å². The number of thioether (sulfide) groups is 1. The molecule has 2 aromatic carbocycles. The fourth-order valence-corrected chi connectivity index (χ4v) is 3.57. The summed E-state index contributed by atoms with van der Waals surface area (Å²) >= 11 is 1.08. The number of hydrogen-bond donors (Lipinski definition) is 3. The Hall–Kier alpha value is -3.38. The van der Waals surface area contributed by atoms with Crippen LogP contribution in [0.2, 0.25) is 0 Å². The van der Waals surface area contributed by atoms with Crippen LogP contribution in [0.15, 0.2) is 58.2 Å². The molecule has 162 valence electrons. The number of carbonyl (C=O) groups is 2. The van der Waals surface area contributed by atoms with Crippen molar-refractivity contribution in [3.05, 3.63) is 48.5 Å². The van der Waals surface area contributed by atoms with E-state index in [4.69, 9.17) is 4.42 Å². The number of aromatic nitrogens is 2. The first kappa shape index (κ1) is 22.3. The van der Waals surface area contributed by atoms with E-state index in [1.165, 1.54) is 6.92 Å². The van der Waals surface area contributed by atoms with Crippen molar-refractivity contribution in [1.29, 1.82) is 0 Å². The molecule has 10 nitrogen and oxygen atoms in total. The van der Waals surface area contributed by atoms with E-state index in [-0.39, 0.29) is 28.7 Å². The first-order valence-corrected chi connectivity index (χ1v) is 11.8. The van der Waals surface area contributed by atoms with Gasteiger partial charge in [-0.05, 0) is 48.5 Å². The van der Waals surface area contributed by atoms with Gasteiger partial charge in [-0.3, -0.25) is 14.3 Å². The van der Waals surface area contributed by atoms with Crippen molar-refractivity contribution in [1.82, 2.24) is 10.2 Å². The lowest BCUT2D eigenvalue weighted by Gasteiger charge is -2.06. The number of nitrogens with one attached hydrogen (secondary N) is 3. The third-order valence-electron chi connectivity index (χ3n) is 3.66. The molecule has 0 radical (unpaired) electrons. The number of carbonyl (C=O) groups excluding carboxylic acids is 2. The van der Waals surface area contributed by atoms with Crippen molar-refractivity contribution in [3.63, 3.8) is 0 Å². The van der Waals surface area contributed by atoms with Crippen LogP contribution in [0.25, 0.3) is 11.5 Å². The van der Waals surface area contributed by atoms with Gasteiger partial charge in [-0.2, -0.15) is 0 Å². The van der Waals surface area contributed by atoms with E-state index in [2.05, 4.69) is 25.6 Å². The van der Waals surface area contributed by atoms with Crippen LogP contribution in [0.5, 0.6) is 0 Å². The van der Waals surface area contributed by atoms with Gasteiger partial charge in [0.05, 0.1) is 12.0 Å². The molecule has 0 bridgehead atoms. The van der Waals surface area contributed by atoms with Crippen LogP contribution in [-0.4, -0.2) is 42.4 Å². The molecule has 3 N–H and O–H groups in total. The summed E-state index contributed by atoms with van der Waals surface area (Å²) in [6.07, 6.45) is 1.07. The number of rotatable bonds is 8. The molecule has 0 unspecified atom stereocenters. The number of sulfonamides is 1. The van der Waals surface area contributed by atoms with Crippen molar-refractivity contribution >= 4 is 50.7 Å². The lowest BCUT2D eigenvalue weighted by molar-refractivity contribution is -0.114. The molecule has 3 aromatic rings. The van der Waals surface area contributed by atoms with Gasteiger partial charge in [0, 0.05) is 29.5 Å². The molecule has 0 spiro atoms. The SMILES string of the molecule is CC(=O)Nc1ccc(NC(=O)CSc2nnc(-c3ccc(NS(C)(=O)=O)cc3)o2)cc1. The molecule has 1 heterocycles. The van der Waals surface area contributed by atoms with E-state index in [1.807, 2.05) is 0 Å². The Morgan fingerprint density at radius 2 is 1.52 bits per heavy atom. The van der Waals surface area contributed by atoms with Gasteiger partial charge in [0.1, 0.15) is 0 Å². The maximum Gasteiger partial charge on any atom is 0.277 e. The fraction of sp³-hybridized carbons (Fsp3) is 0.158. The summed E-state index contributed by atoms with van der Waals surface area (Å²) in [5.41, 5.74) is 2.26. The average Bonchev–Trinajstić information content (AvgIpc) is 3.16. The van der Waals surface area contributed by atoms with Gasteiger partial charge in [0.25, 0.3) is 5.22 Å². The van der Waals surface area contributed by atoms with Crippen LogP contribution in [-0.2, 0) is 19.6 Å². The van der Waals surface area contributed by atoms with Gasteiger partial charge in [-0.25, -0.2) is 8.42 Å². The molecular weight excluding hydrogens is 442 g/mol. The lowest BCUT2D eigenvalue weighted by atomic mass is 10.2. The van der Waals surface area contributed by atoms with Gasteiger partial charge in [-0.15, -0.1) is 10.2 Å². The van der Waals surface area contributed by atoms with Crippen molar-refractivity contribution in [2.45, 2.75) is 12.1 Å². The van der Waals surface area contributed by atoms with E-state index >= 15 is 0 Å². The lowest BCUT2D eigenvalue weighted by Crippen LogP contribution is -2.14. The van der Waals surface area contributed by atoms with Crippen molar-refractivity contribution in [2.24, 2.45) is 0 Å². The molecule has 0 aliphatic rings. The van der Waals surface area contributed by atoms with Crippen LogP contribution in [0, 0.1) is 0 Å². The van der Waals surface area contributed by atoms with E-state index in [9.17, 15) is 18.0 Å². The van der Waals surface area contributed by atoms with Crippen LogP contribution in [0.1, 0.15) is 6.92 Å². The number of hydrogen-bond acceptors (Lipinski definition) is 8. The van der Waals surface area contributed by atoms with E-state index in [0.717, 1.165) is 18.0 Å². The van der Waals surface area contributed by atoms with Crippen molar-refractivity contribution in [3.8, 4) is 11.5 Å². The Morgan fingerprint density at radius 3 is 2.10 bits per heavy atom. The topological polar surface area (TPSA) is 143 Å². The molecule has 0 atom stereocenters. The monoisotopic (exact) mass is 461 g/mol. The minimum atomic E-state index is -3.36. The molecule has 0 aliphatic carbocycles. The van der Waals surface area contributed by atoms with Gasteiger partial charge < -0.3 is 15.1 Å². The molecule has 2 amide bonds. The average molecular weight is 462 g/mol. The summed E-state index contributed by atoms with van der Waals surface area (Å²) in [6, 6.07) is 13.2. The Balaban J connectivity index is 1.52. The van der Waals surface area contributed by atoms with Gasteiger partial charge in [0.15, 0.2) is 0 Å². The highest BCUT2D eigenvalue weighted by Crippen LogP contribution is 2.25. The van der Waals surface area contributed by atoms with Crippen LogP contribution in [0.4, 0.5) is 17.1 Å². The third-order valence-corrected chi connectivity index (χ3v) is 5.08. The van der Waals surface area contributed by atoms with E-state index < -0.39 is 10.0 Å². The largest absolute Gasteiger partial charge is 0.411 e. The summed E-state index contributed by atoms with van der Waals surface area (Å²) in [6.45, 7) is 1.42. The van der Waals surface area contributed by atoms with E-state index in [0.29, 0.717) is 22.6 Å². The highest BCUT2D eigenvalue weighted by Gasteiger charge is 2.12. The third kappa shape index (κ3) is 7.12. The van der Waals surface area contributed by atoms with Crippen LogP contribution in [0.3, 0.4) is 0 Å². The number of amides is 2. The first-order valence-electron chi connectivity index (χ1n) is 8.90. The minimum Gasteiger partial charge on any atom is -0.411 e. The molecule has 1 aromatic heterocycles. The summed E-state index contributed by atoms with van der Waals surface area (Å²) in [7, 11) is -3.36. The van der Waals surface area contributed by atoms with Gasteiger partial charge in [0.2, 0.25) is 27.7 Å². The Morgan fingerprint density at radius 1 is 0.935 bits per heavy atom. The molecule has 0 saturated carbocycles. The Kier molecular flexibility index (Phi) is 6.92. The standard InChI is InChI=1S/C19H19N5O5S2/c1-12(25)20-14-7-9-15(10-8-14)21-17(26)11-30-19-23-22-18(29-19)13-3-5-16(6-4-13)24-31(2,27)28/h3-10,24H,11H2,1-2H3,(H,20,25)(H,21,26). The second kappa shape index (κ2) is 9.62. The van der Waals surface area contributed by atoms with Crippen molar-refractivity contribution in [2.75, 3.05) is 27.4 Å². The van der Waals surface area contributed by atoms with Gasteiger partial charge in [-0.1, -0.05) is 11.8 Å². The van der Waals surface area contributed by atoms with Gasteiger partial charge >= 0.3 is 0 Å². The fourth-order valence-electron chi connectivity index (χ4n) is 2.44. The molecular formula is C19H19N5O5S2. The summed E-state index contributed by atoms with van der Waals surface area (Å²) in [5, 5.41) is 13.5. The maximum atomic E-state index is 12.1. The van der Waals surface area contributed by atoms with Crippen molar-refractivity contribution < 1.29 is 22.4 Å². The predicted octanol–water partition coefficient (Wildman–Crippen LogP) is 2.80. The maximum absolute atomic E-state index is 12.1. The zero-order chi connectivity index (χ0) is 22.4. The molecule has 31 heavy (non-hydrogen) atoms. The molecule has 3 rings (SSSR count). The molecule has 0 saturated heterocycles. The smallest absolute Gasteiger partial charge is 0.277 e. The van der Waals surface area contributed by atoms with E-state index in [1.54, 1.807) is 48.5 Å². The molecule has 12 heteroatoms. The first-order chi connectivity index (χ1) is 14.7. The number of nitrogens with zero attached hydrogens (tertiary/aromatic N) is 2. The second-order valence-corrected chi connectivity index (χ2v) is 9.10. The minimum absolute atomic E-state index is 0.0618. The summed E-state index contributed by atoms with van der Waals surface area (Å²) in [4.78, 5) is 23.2. The highest BCUT2D eigenvalue weighted by atomic mass is 32.2. The zero-order valence-electron chi connectivity index (χ0n) is 16.6. The molecule has 0 fully saturated rings. The second-order valence-electron chi connectivity index (χ2n) is 6.42. The Labute approximate surface area is 182 Å². The molecule has 0 aliphatic heterocycles. The predicted molar refractivity (Wildman–Crippen MR) is 118 cm³/mol. The normalized spacial score (nSPS) is 11.0. The zero-order valence-corrected chi connectivity index (χ0v) is 18.2. The number of benzene rings is 2. The summed E-state index contributed by atoms with van der Waals surface area (Å²) in [5.74, 6) is -0.115. The summed E-state index contributed by atoms with van der Waals surface area (Å²) < 4.78 is 30.4. The quantitative estimate of drug-likeness (QED) is 0.435. The highest BCUT2D eigenvalue weighted by molar-refractivity contribution is 7.99.